The van der Waals surface area contributed by atoms with Gasteiger partial charge < -0.3 is 0 Å². The second-order valence-corrected chi connectivity index (χ2v) is 14.3. The van der Waals surface area contributed by atoms with Gasteiger partial charge in [-0.2, -0.15) is 0 Å². The lowest BCUT2D eigenvalue weighted by Crippen LogP contribution is -2.67. The van der Waals surface area contributed by atoms with Gasteiger partial charge in [0.05, 0.1) is 0 Å². The molecule has 0 aromatic carbocycles. The van der Waals surface area contributed by atoms with Crippen molar-refractivity contribution < 1.29 is 0 Å². The zero-order valence-corrected chi connectivity index (χ0v) is 32.6. The van der Waals surface area contributed by atoms with Crippen molar-refractivity contribution in [1.82, 2.24) is 0 Å². The van der Waals surface area contributed by atoms with Crippen LogP contribution in [0.4, 0.5) is 0 Å². The maximum Gasteiger partial charge on any atom is -0.0173 e. The van der Waals surface area contributed by atoms with Crippen LogP contribution in [-0.4, -0.2) is 0 Å². The first-order valence-corrected chi connectivity index (χ1v) is 19.6. The van der Waals surface area contributed by atoms with Crippen molar-refractivity contribution in [3.63, 3.8) is 0 Å². The van der Waals surface area contributed by atoms with E-state index in [4.69, 9.17) is 0 Å². The highest BCUT2D eigenvalue weighted by molar-refractivity contribution is 5.20. The molecule has 0 amide bonds. The van der Waals surface area contributed by atoms with E-state index >= 15 is 0 Å². The minimum Gasteiger partial charge on any atom is -0.0683 e. The van der Waals surface area contributed by atoms with Crippen molar-refractivity contribution in [2.45, 2.75) is 164 Å². The largest absolute Gasteiger partial charge is 0.0683 e. The zero-order chi connectivity index (χ0) is 32.6. The van der Waals surface area contributed by atoms with Crippen LogP contribution in [0.25, 0.3) is 0 Å². The van der Waals surface area contributed by atoms with Crippen LogP contribution in [0, 0.1) is 100 Å². The third kappa shape index (κ3) is 6.40. The lowest BCUT2D eigenvalue weighted by atomic mass is 9.32. The van der Waals surface area contributed by atoms with Crippen molar-refractivity contribution in [3.8, 4) is 0 Å². The standard InChI is InChI=1S/C31H54.5C2H6/c1-11-24-21(8)29-19(6)18(5)20(7)30-25-13-12-15(2)26-16(3)14-17(4)27(28(25)26)23(10)31(29,30)22(24)9;5*1-2/h15-30H,11-14H2,1-10H3;5*1-2H3/t15?,16?,17?,18-,19?,20?,21?,22?,23?,24?,25?,26?,27?,28?,29?,30?,31?;;;;;/m1...../s1. The van der Waals surface area contributed by atoms with E-state index < -0.39 is 0 Å². The first kappa shape index (κ1) is 41.0. The van der Waals surface area contributed by atoms with Crippen LogP contribution in [0.3, 0.4) is 0 Å². The minimum absolute atomic E-state index is 0.608. The van der Waals surface area contributed by atoms with E-state index in [0.29, 0.717) is 5.41 Å². The molecule has 0 heterocycles. The van der Waals surface area contributed by atoms with Crippen molar-refractivity contribution >= 4 is 0 Å². The molecule has 5 aliphatic carbocycles. The van der Waals surface area contributed by atoms with E-state index in [-0.39, 0.29) is 0 Å². The molecule has 0 radical (unpaired) electrons. The summed E-state index contributed by atoms with van der Waals surface area (Å²) >= 11 is 0. The van der Waals surface area contributed by atoms with Gasteiger partial charge in [0.2, 0.25) is 0 Å². The third-order valence-corrected chi connectivity index (χ3v) is 14.0. The molecule has 0 bridgehead atoms. The molecule has 17 atom stereocenters. The van der Waals surface area contributed by atoms with Crippen LogP contribution in [0.5, 0.6) is 0 Å². The van der Waals surface area contributed by atoms with E-state index in [1.165, 1.54) is 19.3 Å². The average molecular weight is 577 g/mol. The molecule has 0 aromatic rings. The summed E-state index contributed by atoms with van der Waals surface area (Å²) in [4.78, 5) is 0. The predicted molar refractivity (Wildman–Crippen MR) is 190 cm³/mol. The van der Waals surface area contributed by atoms with Crippen LogP contribution in [0.2, 0.25) is 0 Å². The van der Waals surface area contributed by atoms with Gasteiger partial charge >= 0.3 is 0 Å². The number of fused-ring (bicyclic) bond motifs is 1. The summed E-state index contributed by atoms with van der Waals surface area (Å²) in [5, 5.41) is 0. The summed E-state index contributed by atoms with van der Waals surface area (Å²) in [6.07, 6.45) is 5.97. The van der Waals surface area contributed by atoms with Crippen molar-refractivity contribution in [2.24, 2.45) is 100 Å². The highest BCUT2D eigenvalue weighted by atomic mass is 14.8. The molecule has 248 valence electrons. The molecule has 1 spiro atoms. The Morgan fingerprint density at radius 1 is 0.463 bits per heavy atom. The molecule has 0 aromatic heterocycles. The molecule has 5 fully saturated rings. The fourth-order valence-electron chi connectivity index (χ4n) is 13.3. The van der Waals surface area contributed by atoms with Crippen LogP contribution >= 0.6 is 0 Å². The van der Waals surface area contributed by atoms with Gasteiger partial charge in [-0.15, -0.1) is 0 Å². The molecule has 5 aliphatic rings. The summed E-state index contributed by atoms with van der Waals surface area (Å²) in [5.41, 5.74) is 0.608. The summed E-state index contributed by atoms with van der Waals surface area (Å²) in [5.74, 6) is 15.2. The Hall–Kier alpha value is 0. The Morgan fingerprint density at radius 2 is 0.927 bits per heavy atom. The number of hydrogen-bond donors (Lipinski definition) is 0. The number of rotatable bonds is 1. The average Bonchev–Trinajstić information content (AvgIpc) is 3.23. The quantitative estimate of drug-likeness (QED) is 0.291. The van der Waals surface area contributed by atoms with Crippen molar-refractivity contribution in [1.29, 1.82) is 0 Å². The molecule has 41 heavy (non-hydrogen) atoms. The highest BCUT2D eigenvalue weighted by Gasteiger charge is 2.73. The van der Waals surface area contributed by atoms with Gasteiger partial charge in [-0.1, -0.05) is 151 Å². The first-order chi connectivity index (χ1) is 19.6. The molecular weight excluding hydrogens is 492 g/mol. The Labute approximate surface area is 263 Å². The zero-order valence-electron chi connectivity index (χ0n) is 32.6. The van der Waals surface area contributed by atoms with Crippen LogP contribution in [-0.2, 0) is 0 Å². The van der Waals surface area contributed by atoms with Gasteiger partial charge in [-0.3, -0.25) is 0 Å². The summed E-state index contributed by atoms with van der Waals surface area (Å²) in [6.45, 7) is 46.8. The molecule has 0 nitrogen and oxygen atoms in total. The minimum atomic E-state index is 0.608. The SMILES string of the molecule is CC.CC.CC.CC.CC.CCC1C(C)C2C(C)[C@@H](C)C(C)C3C4CCC(C)C5C(C)CC(C)C(C45)C(C)C23C1C. The van der Waals surface area contributed by atoms with E-state index in [1.807, 2.05) is 69.2 Å². The fraction of sp³-hybridized carbons (Fsp3) is 1.00. The van der Waals surface area contributed by atoms with Gasteiger partial charge in [0.15, 0.2) is 0 Å². The molecule has 0 heteroatoms. The summed E-state index contributed by atoms with van der Waals surface area (Å²) < 4.78 is 0. The maximum atomic E-state index is 2.81. The summed E-state index contributed by atoms with van der Waals surface area (Å²) in [7, 11) is 0. The Morgan fingerprint density at radius 3 is 1.41 bits per heavy atom. The Kier molecular flexibility index (Phi) is 18.1. The Bertz CT molecular complexity index is 676. The monoisotopic (exact) mass is 577 g/mol. The van der Waals surface area contributed by atoms with Crippen LogP contribution < -0.4 is 0 Å². The molecule has 5 saturated carbocycles. The van der Waals surface area contributed by atoms with Gasteiger partial charge in [0.1, 0.15) is 0 Å². The lowest BCUT2D eigenvalue weighted by molar-refractivity contribution is -0.248. The van der Waals surface area contributed by atoms with Gasteiger partial charge in [-0.05, 0) is 113 Å². The molecule has 0 saturated heterocycles. The second-order valence-electron chi connectivity index (χ2n) is 14.3. The Balaban J connectivity index is 0.00000145. The molecule has 16 unspecified atom stereocenters. The smallest absolute Gasteiger partial charge is 0.0173 e. The molecule has 5 rings (SSSR count). The van der Waals surface area contributed by atoms with E-state index in [2.05, 4.69) is 69.2 Å². The number of hydrogen-bond acceptors (Lipinski definition) is 0. The van der Waals surface area contributed by atoms with Gasteiger partial charge in [0.25, 0.3) is 0 Å². The fourth-order valence-corrected chi connectivity index (χ4v) is 13.3. The van der Waals surface area contributed by atoms with E-state index in [9.17, 15) is 0 Å². The highest BCUT2D eigenvalue weighted by Crippen LogP contribution is 2.78. The molecule has 0 N–H and O–H groups in total. The second kappa shape index (κ2) is 18.1. The van der Waals surface area contributed by atoms with Gasteiger partial charge in [-0.25, -0.2) is 0 Å². The van der Waals surface area contributed by atoms with Crippen LogP contribution in [0.1, 0.15) is 164 Å². The third-order valence-electron chi connectivity index (χ3n) is 14.0. The maximum absolute atomic E-state index is 2.81. The van der Waals surface area contributed by atoms with Crippen molar-refractivity contribution in [3.05, 3.63) is 0 Å². The summed E-state index contributed by atoms with van der Waals surface area (Å²) in [6, 6.07) is 0. The predicted octanol–water partition coefficient (Wildman–Crippen LogP) is 13.8. The van der Waals surface area contributed by atoms with Crippen LogP contribution in [0.15, 0.2) is 0 Å². The normalized spacial score (nSPS) is 50.3. The topological polar surface area (TPSA) is 0 Å². The van der Waals surface area contributed by atoms with Crippen molar-refractivity contribution in [2.75, 3.05) is 0 Å². The van der Waals surface area contributed by atoms with Gasteiger partial charge in [0, 0.05) is 0 Å². The first-order valence-electron chi connectivity index (χ1n) is 19.6. The van der Waals surface area contributed by atoms with E-state index in [0.717, 1.165) is 94.7 Å². The molecular formula is C41H84. The van der Waals surface area contributed by atoms with E-state index in [1.54, 1.807) is 6.42 Å². The lowest BCUT2D eigenvalue weighted by Gasteiger charge is -2.72. The molecule has 0 aliphatic heterocycles.